The summed E-state index contributed by atoms with van der Waals surface area (Å²) in [6.45, 7) is 1.32. The number of rotatable bonds is 2. The maximum Gasteiger partial charge on any atom is 0.452 e. The van der Waals surface area contributed by atoms with Crippen LogP contribution in [0.25, 0.3) is 0 Å². The molecule has 0 spiro atoms. The fraction of sp³-hybridized carbons (Fsp3) is 0.600. The summed E-state index contributed by atoms with van der Waals surface area (Å²) in [4.78, 5) is 2.92. The molecule has 14 heavy (non-hydrogen) atoms. The maximum absolute atomic E-state index is 12.0. The number of sulfone groups is 1. The summed E-state index contributed by atoms with van der Waals surface area (Å²) in [5.74, 6) is -1.70. The topological polar surface area (TPSA) is 59.9 Å². The van der Waals surface area contributed by atoms with Gasteiger partial charge in [-0.3, -0.25) is 0 Å². The van der Waals surface area contributed by atoms with Crippen LogP contribution in [0.3, 0.4) is 0 Å². The highest BCUT2D eigenvalue weighted by Gasteiger charge is 2.37. The summed E-state index contributed by atoms with van der Waals surface area (Å²) < 4.78 is 60.4. The van der Waals surface area contributed by atoms with Gasteiger partial charge < -0.3 is 0 Å². The van der Waals surface area contributed by atoms with Gasteiger partial charge in [0.05, 0.1) is 5.75 Å². The molecule has 0 aliphatic rings. The van der Waals surface area contributed by atoms with Gasteiger partial charge in [-0.15, -0.1) is 0 Å². The molecule has 0 aromatic carbocycles. The van der Waals surface area contributed by atoms with Crippen LogP contribution < -0.4 is 0 Å². The van der Waals surface area contributed by atoms with Crippen molar-refractivity contribution in [3.05, 3.63) is 5.82 Å². The van der Waals surface area contributed by atoms with Crippen molar-refractivity contribution in [2.45, 2.75) is 17.4 Å². The molecule has 4 nitrogen and oxygen atoms in total. The lowest BCUT2D eigenvalue weighted by molar-refractivity contribution is -0.144. The van der Waals surface area contributed by atoms with Crippen LogP contribution in [0.4, 0.5) is 13.2 Å². The van der Waals surface area contributed by atoms with Crippen molar-refractivity contribution >= 4 is 21.4 Å². The Labute approximate surface area is 81.9 Å². The monoisotopic (exact) mass is 246 g/mol. The van der Waals surface area contributed by atoms with Crippen molar-refractivity contribution in [3.8, 4) is 0 Å². The Morgan fingerprint density at radius 2 is 2.00 bits per heavy atom. The predicted octanol–water partition coefficient (Wildman–Crippen LogP) is 1.35. The predicted molar refractivity (Wildman–Crippen MR) is 42.6 cm³/mol. The molecule has 0 unspecified atom stereocenters. The molecular formula is C5H5F3N2O2S2. The molecule has 1 aromatic heterocycles. The quantitative estimate of drug-likeness (QED) is 0.790. The van der Waals surface area contributed by atoms with Crippen molar-refractivity contribution < 1.29 is 21.6 Å². The van der Waals surface area contributed by atoms with E-state index in [1.807, 2.05) is 0 Å². The molecule has 0 atom stereocenters. The van der Waals surface area contributed by atoms with Crippen LogP contribution in [-0.4, -0.2) is 23.5 Å². The van der Waals surface area contributed by atoms with Gasteiger partial charge in [-0.25, -0.2) is 8.42 Å². The first-order valence-electron chi connectivity index (χ1n) is 3.41. The molecule has 0 fully saturated rings. The smallest absolute Gasteiger partial charge is 0.221 e. The van der Waals surface area contributed by atoms with Gasteiger partial charge in [-0.2, -0.15) is 22.5 Å². The van der Waals surface area contributed by atoms with Gasteiger partial charge in [0.15, 0.2) is 0 Å². The molecule has 9 heteroatoms. The Balaban J connectivity index is 3.13. The van der Waals surface area contributed by atoms with Gasteiger partial charge in [-0.05, 0) is 11.5 Å². The average Bonchev–Trinajstić information content (AvgIpc) is 2.51. The van der Waals surface area contributed by atoms with Crippen molar-refractivity contribution in [1.82, 2.24) is 9.36 Å². The van der Waals surface area contributed by atoms with Crippen LogP contribution in [-0.2, 0) is 16.0 Å². The van der Waals surface area contributed by atoms with Crippen LogP contribution in [0.2, 0.25) is 0 Å². The van der Waals surface area contributed by atoms with Crippen molar-refractivity contribution in [3.63, 3.8) is 0 Å². The highest BCUT2D eigenvalue weighted by molar-refractivity contribution is 7.93. The molecule has 0 saturated carbocycles. The fourth-order valence-corrected chi connectivity index (χ4v) is 2.40. The van der Waals surface area contributed by atoms with E-state index in [1.165, 1.54) is 6.92 Å². The Hall–Kier alpha value is -0.700. The SMILES string of the molecule is CCS(=O)(=O)c1nc(C(F)(F)F)ns1. The van der Waals surface area contributed by atoms with E-state index in [9.17, 15) is 21.6 Å². The van der Waals surface area contributed by atoms with Gasteiger partial charge in [0.2, 0.25) is 20.0 Å². The second kappa shape index (κ2) is 3.46. The number of hydrogen-bond acceptors (Lipinski definition) is 5. The molecule has 0 saturated heterocycles. The lowest BCUT2D eigenvalue weighted by atomic mass is 10.6. The van der Waals surface area contributed by atoms with E-state index in [0.717, 1.165) is 0 Å². The van der Waals surface area contributed by atoms with E-state index in [1.54, 1.807) is 0 Å². The van der Waals surface area contributed by atoms with Gasteiger partial charge in [0, 0.05) is 0 Å². The van der Waals surface area contributed by atoms with Gasteiger partial charge in [0.1, 0.15) is 0 Å². The minimum absolute atomic E-state index is 0.239. The zero-order valence-corrected chi connectivity index (χ0v) is 8.50. The summed E-state index contributed by atoms with van der Waals surface area (Å²) in [5, 5.41) is 0. The molecule has 0 amide bonds. The Morgan fingerprint density at radius 1 is 1.43 bits per heavy atom. The standard InChI is InChI=1S/C5H5F3N2O2S2/c1-2-14(11,12)4-9-3(10-13-4)5(6,7)8/h2H2,1H3. The second-order valence-electron chi connectivity index (χ2n) is 2.29. The van der Waals surface area contributed by atoms with Crippen LogP contribution in [0.15, 0.2) is 4.34 Å². The molecule has 1 aromatic rings. The number of hydrogen-bond donors (Lipinski definition) is 0. The second-order valence-corrected chi connectivity index (χ2v) is 5.49. The minimum atomic E-state index is -4.70. The van der Waals surface area contributed by atoms with Crippen LogP contribution in [0, 0.1) is 0 Å². The zero-order chi connectivity index (χ0) is 11.0. The molecule has 0 aliphatic carbocycles. The molecule has 0 bridgehead atoms. The number of halogens is 3. The summed E-state index contributed by atoms with van der Waals surface area (Å²) in [6, 6.07) is 0. The largest absolute Gasteiger partial charge is 0.452 e. The van der Waals surface area contributed by atoms with E-state index in [-0.39, 0.29) is 17.3 Å². The van der Waals surface area contributed by atoms with E-state index in [2.05, 4.69) is 9.36 Å². The average molecular weight is 246 g/mol. The highest BCUT2D eigenvalue weighted by atomic mass is 32.2. The first-order chi connectivity index (χ1) is 6.27. The van der Waals surface area contributed by atoms with Gasteiger partial charge in [-0.1, -0.05) is 6.92 Å². The highest BCUT2D eigenvalue weighted by Crippen LogP contribution is 2.28. The van der Waals surface area contributed by atoms with Crippen molar-refractivity contribution in [2.75, 3.05) is 5.75 Å². The van der Waals surface area contributed by atoms with Gasteiger partial charge >= 0.3 is 6.18 Å². The minimum Gasteiger partial charge on any atom is -0.221 e. The molecular weight excluding hydrogens is 241 g/mol. The maximum atomic E-state index is 12.0. The number of aromatic nitrogens is 2. The van der Waals surface area contributed by atoms with Crippen molar-refractivity contribution in [1.29, 1.82) is 0 Å². The van der Waals surface area contributed by atoms with Crippen LogP contribution in [0.5, 0.6) is 0 Å². The van der Waals surface area contributed by atoms with E-state index >= 15 is 0 Å². The van der Waals surface area contributed by atoms with Crippen molar-refractivity contribution in [2.24, 2.45) is 0 Å². The Kier molecular flexibility index (Phi) is 2.81. The lowest BCUT2D eigenvalue weighted by Gasteiger charge is -1.97. The molecule has 0 radical (unpaired) electrons. The third-order valence-corrected chi connectivity index (χ3v) is 4.19. The number of alkyl halides is 3. The molecule has 1 heterocycles. The molecule has 0 aliphatic heterocycles. The summed E-state index contributed by atoms with van der Waals surface area (Å²) >= 11 is 0.239. The summed E-state index contributed by atoms with van der Waals surface area (Å²) in [7, 11) is -3.69. The zero-order valence-electron chi connectivity index (χ0n) is 6.87. The van der Waals surface area contributed by atoms with Gasteiger partial charge in [0.25, 0.3) is 0 Å². The first kappa shape index (κ1) is 11.4. The fourth-order valence-electron chi connectivity index (χ4n) is 0.575. The summed E-state index contributed by atoms with van der Waals surface area (Å²) in [6.07, 6.45) is -4.70. The molecule has 0 N–H and O–H groups in total. The van der Waals surface area contributed by atoms with Crippen LogP contribution >= 0.6 is 11.5 Å². The van der Waals surface area contributed by atoms with E-state index in [4.69, 9.17) is 0 Å². The normalized spacial score (nSPS) is 13.1. The third-order valence-electron chi connectivity index (χ3n) is 1.31. The lowest BCUT2D eigenvalue weighted by Crippen LogP contribution is -2.09. The van der Waals surface area contributed by atoms with E-state index < -0.39 is 26.2 Å². The Morgan fingerprint density at radius 3 is 2.36 bits per heavy atom. The molecule has 1 rings (SSSR count). The molecule has 80 valence electrons. The summed E-state index contributed by atoms with van der Waals surface area (Å²) in [5.41, 5.74) is 0. The van der Waals surface area contributed by atoms with E-state index in [0.29, 0.717) is 0 Å². The Bertz CT molecular complexity index is 422. The first-order valence-corrected chi connectivity index (χ1v) is 5.83. The number of nitrogens with zero attached hydrogens (tertiary/aromatic N) is 2. The third kappa shape index (κ3) is 2.21. The van der Waals surface area contributed by atoms with Crippen LogP contribution in [0.1, 0.15) is 12.7 Å².